The average molecular weight is 364 g/mol. The number of furan rings is 1. The van der Waals surface area contributed by atoms with Crippen LogP contribution in [0.5, 0.6) is 0 Å². The van der Waals surface area contributed by atoms with Gasteiger partial charge in [0.05, 0.1) is 17.3 Å². The second kappa shape index (κ2) is 7.03. The highest BCUT2D eigenvalue weighted by Gasteiger charge is 2.16. The van der Waals surface area contributed by atoms with E-state index in [1.165, 1.54) is 12.1 Å². The molecule has 4 rings (SSSR count). The molecular weight excluding hydrogens is 347 g/mol. The minimum atomic E-state index is -0.304. The van der Waals surface area contributed by atoms with E-state index in [1.54, 1.807) is 29.3 Å². The normalized spacial score (nSPS) is 11.0. The molecule has 0 aliphatic carbocycles. The van der Waals surface area contributed by atoms with Crippen molar-refractivity contribution in [1.82, 2.24) is 20.1 Å². The molecular formula is C20H17FN4O2. The van der Waals surface area contributed by atoms with Crippen LogP contribution < -0.4 is 5.32 Å². The van der Waals surface area contributed by atoms with Crippen molar-refractivity contribution in [1.29, 1.82) is 0 Å². The molecule has 27 heavy (non-hydrogen) atoms. The first-order valence-electron chi connectivity index (χ1n) is 8.49. The summed E-state index contributed by atoms with van der Waals surface area (Å²) in [5.41, 5.74) is 3.11. The van der Waals surface area contributed by atoms with Crippen LogP contribution in [0.3, 0.4) is 0 Å². The zero-order chi connectivity index (χ0) is 18.8. The first-order chi connectivity index (χ1) is 13.1. The molecule has 0 unspecified atom stereocenters. The average Bonchev–Trinajstić information content (AvgIpc) is 3.30. The summed E-state index contributed by atoms with van der Waals surface area (Å²) in [4.78, 5) is 16.7. The van der Waals surface area contributed by atoms with Gasteiger partial charge in [-0.15, -0.1) is 0 Å². The lowest BCUT2D eigenvalue weighted by Crippen LogP contribution is -2.27. The number of pyridine rings is 1. The van der Waals surface area contributed by atoms with Crippen LogP contribution in [0.1, 0.15) is 11.3 Å². The van der Waals surface area contributed by atoms with E-state index in [4.69, 9.17) is 4.42 Å². The van der Waals surface area contributed by atoms with Crippen molar-refractivity contribution >= 4 is 16.9 Å². The van der Waals surface area contributed by atoms with E-state index in [-0.39, 0.29) is 18.3 Å². The number of benzene rings is 1. The highest BCUT2D eigenvalue weighted by atomic mass is 19.1. The maximum atomic E-state index is 12.9. The zero-order valence-corrected chi connectivity index (χ0v) is 14.6. The molecule has 7 heteroatoms. The van der Waals surface area contributed by atoms with Crippen molar-refractivity contribution < 1.29 is 13.6 Å². The van der Waals surface area contributed by atoms with Crippen LogP contribution in [0, 0.1) is 12.7 Å². The molecule has 0 saturated heterocycles. The summed E-state index contributed by atoms with van der Waals surface area (Å²) in [6, 6.07) is 11.6. The van der Waals surface area contributed by atoms with Crippen LogP contribution in [-0.4, -0.2) is 20.7 Å². The quantitative estimate of drug-likeness (QED) is 0.589. The number of halogens is 1. The molecule has 3 heterocycles. The smallest absolute Gasteiger partial charge is 0.242 e. The molecule has 3 aromatic heterocycles. The predicted octanol–water partition coefficient (Wildman–Crippen LogP) is 3.46. The van der Waals surface area contributed by atoms with Crippen LogP contribution in [0.4, 0.5) is 4.39 Å². The molecule has 0 aliphatic heterocycles. The summed E-state index contributed by atoms with van der Waals surface area (Å²) in [6.45, 7) is 2.24. The summed E-state index contributed by atoms with van der Waals surface area (Å²) in [6.07, 6.45) is 3.29. The topological polar surface area (TPSA) is 73.0 Å². The number of aryl methyl sites for hydroxylation is 1. The van der Waals surface area contributed by atoms with Gasteiger partial charge < -0.3 is 9.73 Å². The fraction of sp³-hybridized carbons (Fsp3) is 0.150. The number of fused-ring (bicyclic) bond motifs is 1. The minimum absolute atomic E-state index is 0.0418. The lowest BCUT2D eigenvalue weighted by molar-refractivity contribution is -0.121. The second-order valence-electron chi connectivity index (χ2n) is 6.18. The molecule has 1 aromatic carbocycles. The standard InChI is InChI=1S/C20H17FN4O2/c1-13-19-16(17-3-2-10-27-17)8-9-22-20(19)25(24-13)12-18(26)23-11-14-4-6-15(21)7-5-14/h2-10H,11-12H2,1H3,(H,23,26). The van der Waals surface area contributed by atoms with Gasteiger partial charge in [0.15, 0.2) is 5.65 Å². The van der Waals surface area contributed by atoms with Crippen LogP contribution in [0.25, 0.3) is 22.4 Å². The first kappa shape index (κ1) is 17.0. The molecule has 0 spiro atoms. The minimum Gasteiger partial charge on any atom is -0.464 e. The predicted molar refractivity (Wildman–Crippen MR) is 98.2 cm³/mol. The van der Waals surface area contributed by atoms with Gasteiger partial charge in [0.25, 0.3) is 0 Å². The van der Waals surface area contributed by atoms with Crippen LogP contribution in [0.15, 0.2) is 59.3 Å². The third kappa shape index (κ3) is 3.44. The molecule has 0 atom stereocenters. The summed E-state index contributed by atoms with van der Waals surface area (Å²) in [7, 11) is 0. The van der Waals surface area contributed by atoms with E-state index >= 15 is 0 Å². The Bertz CT molecular complexity index is 1090. The summed E-state index contributed by atoms with van der Waals surface area (Å²) in [5, 5.41) is 8.14. The zero-order valence-electron chi connectivity index (χ0n) is 14.6. The number of carbonyl (C=O) groups excluding carboxylic acids is 1. The van der Waals surface area contributed by atoms with Gasteiger partial charge in [-0.1, -0.05) is 12.1 Å². The van der Waals surface area contributed by atoms with Gasteiger partial charge in [-0.25, -0.2) is 14.1 Å². The van der Waals surface area contributed by atoms with E-state index < -0.39 is 0 Å². The van der Waals surface area contributed by atoms with Crippen molar-refractivity contribution in [3.63, 3.8) is 0 Å². The molecule has 0 radical (unpaired) electrons. The number of carbonyl (C=O) groups is 1. The van der Waals surface area contributed by atoms with E-state index in [0.717, 1.165) is 28.0 Å². The van der Waals surface area contributed by atoms with Gasteiger partial charge >= 0.3 is 0 Å². The van der Waals surface area contributed by atoms with Gasteiger partial charge in [0.2, 0.25) is 5.91 Å². The first-order valence-corrected chi connectivity index (χ1v) is 8.49. The van der Waals surface area contributed by atoms with Crippen LogP contribution in [0.2, 0.25) is 0 Å². The molecule has 1 amide bonds. The van der Waals surface area contributed by atoms with Gasteiger partial charge in [0, 0.05) is 18.3 Å². The fourth-order valence-electron chi connectivity index (χ4n) is 3.02. The number of hydrogen-bond acceptors (Lipinski definition) is 4. The third-order valence-corrected chi connectivity index (χ3v) is 4.29. The molecule has 0 saturated carbocycles. The Hall–Kier alpha value is -3.48. The number of hydrogen-bond donors (Lipinski definition) is 1. The van der Waals surface area contributed by atoms with E-state index in [1.807, 2.05) is 25.1 Å². The Kier molecular flexibility index (Phi) is 4.42. The molecule has 0 bridgehead atoms. The van der Waals surface area contributed by atoms with Crippen molar-refractivity contribution in [2.24, 2.45) is 0 Å². The van der Waals surface area contributed by atoms with Crippen LogP contribution >= 0.6 is 0 Å². The Morgan fingerprint density at radius 2 is 2.04 bits per heavy atom. The Morgan fingerprint density at radius 3 is 2.78 bits per heavy atom. The maximum absolute atomic E-state index is 12.9. The Morgan fingerprint density at radius 1 is 1.22 bits per heavy atom. The molecule has 6 nitrogen and oxygen atoms in total. The molecule has 4 aromatic rings. The Balaban J connectivity index is 1.55. The van der Waals surface area contributed by atoms with Crippen molar-refractivity contribution in [2.45, 2.75) is 20.0 Å². The number of nitrogens with one attached hydrogen (secondary N) is 1. The highest BCUT2D eigenvalue weighted by Crippen LogP contribution is 2.29. The van der Waals surface area contributed by atoms with Gasteiger partial charge in [-0.2, -0.15) is 5.10 Å². The number of aromatic nitrogens is 3. The largest absolute Gasteiger partial charge is 0.464 e. The van der Waals surface area contributed by atoms with Crippen molar-refractivity contribution in [2.75, 3.05) is 0 Å². The van der Waals surface area contributed by atoms with E-state index in [0.29, 0.717) is 12.2 Å². The number of nitrogens with zero attached hydrogens (tertiary/aromatic N) is 3. The summed E-state index contributed by atoms with van der Waals surface area (Å²) in [5.74, 6) is 0.224. The molecule has 0 fully saturated rings. The summed E-state index contributed by atoms with van der Waals surface area (Å²) >= 11 is 0. The molecule has 136 valence electrons. The maximum Gasteiger partial charge on any atom is 0.242 e. The number of rotatable bonds is 5. The lowest BCUT2D eigenvalue weighted by Gasteiger charge is -2.06. The van der Waals surface area contributed by atoms with Gasteiger partial charge in [-0.3, -0.25) is 4.79 Å². The fourth-order valence-corrected chi connectivity index (χ4v) is 3.02. The van der Waals surface area contributed by atoms with Crippen molar-refractivity contribution in [3.8, 4) is 11.3 Å². The second-order valence-corrected chi connectivity index (χ2v) is 6.18. The van der Waals surface area contributed by atoms with E-state index in [9.17, 15) is 9.18 Å². The summed E-state index contributed by atoms with van der Waals surface area (Å²) < 4.78 is 20.0. The SMILES string of the molecule is Cc1nn(CC(=O)NCc2ccc(F)cc2)c2nccc(-c3ccco3)c12. The van der Waals surface area contributed by atoms with Gasteiger partial charge in [0.1, 0.15) is 18.1 Å². The van der Waals surface area contributed by atoms with Crippen LogP contribution in [-0.2, 0) is 17.9 Å². The monoisotopic (exact) mass is 364 g/mol. The lowest BCUT2D eigenvalue weighted by atomic mass is 10.1. The number of amides is 1. The van der Waals surface area contributed by atoms with Crippen molar-refractivity contribution in [3.05, 3.63) is 72.0 Å². The highest BCUT2D eigenvalue weighted by molar-refractivity contribution is 5.93. The molecule has 1 N–H and O–H groups in total. The third-order valence-electron chi connectivity index (χ3n) is 4.29. The van der Waals surface area contributed by atoms with E-state index in [2.05, 4.69) is 15.4 Å². The van der Waals surface area contributed by atoms with Gasteiger partial charge in [-0.05, 0) is 42.8 Å². The molecule has 0 aliphatic rings. The Labute approximate surface area is 154 Å².